The molecule has 2 nitrogen and oxygen atoms in total. The molecule has 2 aromatic rings. The predicted octanol–water partition coefficient (Wildman–Crippen LogP) is 3.97. The van der Waals surface area contributed by atoms with E-state index in [1.54, 1.807) is 12.1 Å². The van der Waals surface area contributed by atoms with Gasteiger partial charge in [0.25, 0.3) is 0 Å². The van der Waals surface area contributed by atoms with Crippen molar-refractivity contribution in [3.8, 4) is 0 Å². The molecule has 0 saturated carbocycles. The number of aryl methyl sites for hydroxylation is 2. The summed E-state index contributed by atoms with van der Waals surface area (Å²) in [7, 11) is 0. The monoisotopic (exact) mass is 286 g/mol. The third kappa shape index (κ3) is 3.82. The minimum Gasteiger partial charge on any atom is -0.368 e. The molecule has 0 amide bonds. The largest absolute Gasteiger partial charge is 0.368 e. The van der Waals surface area contributed by atoms with Crippen molar-refractivity contribution in [2.24, 2.45) is 5.73 Å². The lowest BCUT2D eigenvalue weighted by Gasteiger charge is -2.27. The van der Waals surface area contributed by atoms with Crippen LogP contribution in [0.1, 0.15) is 29.7 Å². The van der Waals surface area contributed by atoms with Crippen molar-refractivity contribution in [1.29, 1.82) is 0 Å². The Labute approximate surface area is 126 Å². The molecular weight excluding hydrogens is 263 g/mol. The topological polar surface area (TPSA) is 29.3 Å². The molecule has 2 aromatic carbocycles. The normalized spacial score (nSPS) is 12.2. The van der Waals surface area contributed by atoms with Gasteiger partial charge in [-0.1, -0.05) is 41.5 Å². The average Bonchev–Trinajstić information content (AvgIpc) is 2.44. The standard InChI is InChI=1S/C18H23FN2/c1-4-21(18-8-6-5-7-16(18)19)12-17(20)15-10-13(2)9-14(3)11-15/h5-11,17H,4,12,20H2,1-3H3. The van der Waals surface area contributed by atoms with Crippen LogP contribution in [0.25, 0.3) is 0 Å². The highest BCUT2D eigenvalue weighted by atomic mass is 19.1. The summed E-state index contributed by atoms with van der Waals surface area (Å²) in [6.07, 6.45) is 0. The van der Waals surface area contributed by atoms with E-state index in [4.69, 9.17) is 5.73 Å². The van der Waals surface area contributed by atoms with Crippen LogP contribution in [0.2, 0.25) is 0 Å². The van der Waals surface area contributed by atoms with Crippen LogP contribution in [-0.4, -0.2) is 13.1 Å². The fourth-order valence-electron chi connectivity index (χ4n) is 2.67. The van der Waals surface area contributed by atoms with E-state index in [-0.39, 0.29) is 11.9 Å². The van der Waals surface area contributed by atoms with Crippen molar-refractivity contribution in [1.82, 2.24) is 0 Å². The number of anilines is 1. The van der Waals surface area contributed by atoms with Gasteiger partial charge in [0.05, 0.1) is 5.69 Å². The minimum absolute atomic E-state index is 0.136. The van der Waals surface area contributed by atoms with Crippen molar-refractivity contribution in [3.63, 3.8) is 0 Å². The SMILES string of the molecule is CCN(CC(N)c1cc(C)cc(C)c1)c1ccccc1F. The van der Waals surface area contributed by atoms with Gasteiger partial charge in [0.2, 0.25) is 0 Å². The summed E-state index contributed by atoms with van der Waals surface area (Å²) in [6.45, 7) is 7.47. The zero-order valence-corrected chi connectivity index (χ0v) is 12.9. The first kappa shape index (κ1) is 15.5. The molecule has 0 spiro atoms. The summed E-state index contributed by atoms with van der Waals surface area (Å²) in [5, 5.41) is 0. The number of benzene rings is 2. The van der Waals surface area contributed by atoms with E-state index >= 15 is 0 Å². The second-order valence-corrected chi connectivity index (χ2v) is 5.52. The van der Waals surface area contributed by atoms with Gasteiger partial charge in [0, 0.05) is 19.1 Å². The van der Waals surface area contributed by atoms with Crippen LogP contribution in [0.4, 0.5) is 10.1 Å². The first-order chi connectivity index (χ1) is 10.0. The summed E-state index contributed by atoms with van der Waals surface area (Å²) in [5.74, 6) is -0.202. The first-order valence-corrected chi connectivity index (χ1v) is 7.34. The van der Waals surface area contributed by atoms with E-state index in [0.717, 1.165) is 12.1 Å². The predicted molar refractivity (Wildman–Crippen MR) is 87.1 cm³/mol. The lowest BCUT2D eigenvalue weighted by atomic mass is 10.0. The minimum atomic E-state index is -0.202. The van der Waals surface area contributed by atoms with Crippen LogP contribution in [0, 0.1) is 19.7 Å². The molecule has 0 heterocycles. The molecule has 112 valence electrons. The van der Waals surface area contributed by atoms with E-state index < -0.39 is 0 Å². The Balaban J connectivity index is 2.20. The number of nitrogens with zero attached hydrogens (tertiary/aromatic N) is 1. The van der Waals surface area contributed by atoms with Gasteiger partial charge < -0.3 is 10.6 Å². The molecule has 1 atom stereocenters. The Hall–Kier alpha value is -1.87. The van der Waals surface area contributed by atoms with Gasteiger partial charge in [0.1, 0.15) is 5.82 Å². The van der Waals surface area contributed by atoms with E-state index in [1.165, 1.54) is 17.2 Å². The molecule has 0 bridgehead atoms. The Morgan fingerprint density at radius 2 is 1.71 bits per heavy atom. The molecule has 0 aliphatic heterocycles. The zero-order chi connectivity index (χ0) is 15.4. The Kier molecular flexibility index (Phi) is 4.97. The highest BCUT2D eigenvalue weighted by Crippen LogP contribution is 2.22. The summed E-state index contributed by atoms with van der Waals surface area (Å²) >= 11 is 0. The van der Waals surface area contributed by atoms with E-state index in [2.05, 4.69) is 32.0 Å². The number of rotatable bonds is 5. The molecule has 0 saturated heterocycles. The molecular formula is C18H23FN2. The molecule has 3 heteroatoms. The van der Waals surface area contributed by atoms with Gasteiger partial charge in [-0.15, -0.1) is 0 Å². The number of hydrogen-bond acceptors (Lipinski definition) is 2. The number of hydrogen-bond donors (Lipinski definition) is 1. The van der Waals surface area contributed by atoms with Crippen LogP contribution in [0.5, 0.6) is 0 Å². The second kappa shape index (κ2) is 6.72. The van der Waals surface area contributed by atoms with Gasteiger partial charge in [-0.3, -0.25) is 0 Å². The van der Waals surface area contributed by atoms with E-state index in [0.29, 0.717) is 12.2 Å². The highest BCUT2D eigenvalue weighted by Gasteiger charge is 2.15. The third-order valence-electron chi connectivity index (χ3n) is 3.66. The van der Waals surface area contributed by atoms with Crippen molar-refractivity contribution < 1.29 is 4.39 Å². The zero-order valence-electron chi connectivity index (χ0n) is 12.9. The van der Waals surface area contributed by atoms with Gasteiger partial charge in [-0.05, 0) is 38.5 Å². The second-order valence-electron chi connectivity index (χ2n) is 5.52. The summed E-state index contributed by atoms with van der Waals surface area (Å²) in [5.41, 5.74) is 10.4. The van der Waals surface area contributed by atoms with E-state index in [9.17, 15) is 4.39 Å². The van der Waals surface area contributed by atoms with E-state index in [1.807, 2.05) is 17.9 Å². The first-order valence-electron chi connectivity index (χ1n) is 7.34. The Morgan fingerprint density at radius 1 is 1.10 bits per heavy atom. The number of halogens is 1. The van der Waals surface area contributed by atoms with Crippen molar-refractivity contribution in [2.75, 3.05) is 18.0 Å². The molecule has 0 aliphatic carbocycles. The molecule has 0 radical (unpaired) electrons. The van der Waals surface area contributed by atoms with Crippen LogP contribution < -0.4 is 10.6 Å². The number of nitrogens with two attached hydrogens (primary N) is 1. The highest BCUT2D eigenvalue weighted by molar-refractivity contribution is 5.48. The molecule has 0 fully saturated rings. The number of para-hydroxylation sites is 1. The van der Waals surface area contributed by atoms with Crippen LogP contribution in [-0.2, 0) is 0 Å². The lowest BCUT2D eigenvalue weighted by molar-refractivity contribution is 0.606. The Bertz CT molecular complexity index is 590. The molecule has 21 heavy (non-hydrogen) atoms. The maximum atomic E-state index is 13.9. The Morgan fingerprint density at radius 3 is 2.29 bits per heavy atom. The van der Waals surface area contributed by atoms with Crippen LogP contribution in [0.15, 0.2) is 42.5 Å². The van der Waals surface area contributed by atoms with Crippen molar-refractivity contribution >= 4 is 5.69 Å². The van der Waals surface area contributed by atoms with Crippen molar-refractivity contribution in [3.05, 3.63) is 65.0 Å². The smallest absolute Gasteiger partial charge is 0.146 e. The van der Waals surface area contributed by atoms with Gasteiger partial charge in [0.15, 0.2) is 0 Å². The van der Waals surface area contributed by atoms with Crippen molar-refractivity contribution in [2.45, 2.75) is 26.8 Å². The summed E-state index contributed by atoms with van der Waals surface area (Å²) in [6, 6.07) is 13.0. The summed E-state index contributed by atoms with van der Waals surface area (Å²) < 4.78 is 13.9. The van der Waals surface area contributed by atoms with Gasteiger partial charge >= 0.3 is 0 Å². The maximum absolute atomic E-state index is 13.9. The molecule has 0 aromatic heterocycles. The third-order valence-corrected chi connectivity index (χ3v) is 3.66. The van der Waals surface area contributed by atoms with Crippen LogP contribution >= 0.6 is 0 Å². The summed E-state index contributed by atoms with van der Waals surface area (Å²) in [4.78, 5) is 1.98. The molecule has 1 unspecified atom stereocenters. The van der Waals surface area contributed by atoms with Crippen LogP contribution in [0.3, 0.4) is 0 Å². The van der Waals surface area contributed by atoms with Gasteiger partial charge in [-0.2, -0.15) is 0 Å². The maximum Gasteiger partial charge on any atom is 0.146 e. The number of likely N-dealkylation sites (N-methyl/N-ethyl adjacent to an activating group) is 1. The average molecular weight is 286 g/mol. The van der Waals surface area contributed by atoms with Gasteiger partial charge in [-0.25, -0.2) is 4.39 Å². The molecule has 0 aliphatic rings. The quantitative estimate of drug-likeness (QED) is 0.901. The molecule has 2 rings (SSSR count). The fraction of sp³-hybridized carbons (Fsp3) is 0.333. The fourth-order valence-corrected chi connectivity index (χ4v) is 2.67. The molecule has 2 N–H and O–H groups in total. The lowest BCUT2D eigenvalue weighted by Crippen LogP contribution is -2.32.